The van der Waals surface area contributed by atoms with Crippen molar-refractivity contribution < 1.29 is 18.0 Å². The van der Waals surface area contributed by atoms with E-state index in [-0.39, 0.29) is 17.9 Å². The van der Waals surface area contributed by atoms with E-state index in [4.69, 9.17) is 11.6 Å². The lowest BCUT2D eigenvalue weighted by atomic mass is 9.97. The van der Waals surface area contributed by atoms with E-state index in [0.29, 0.717) is 16.3 Å². The van der Waals surface area contributed by atoms with Gasteiger partial charge in [-0.15, -0.1) is 0 Å². The molecule has 0 fully saturated rings. The maximum atomic E-state index is 13.8. The quantitative estimate of drug-likeness (QED) is 0.450. The van der Waals surface area contributed by atoms with Gasteiger partial charge in [0.15, 0.2) is 11.7 Å². The number of hydrogen-bond donors (Lipinski definition) is 2. The highest BCUT2D eigenvalue weighted by Gasteiger charge is 2.46. The van der Waals surface area contributed by atoms with Crippen molar-refractivity contribution in [2.24, 2.45) is 0 Å². The summed E-state index contributed by atoms with van der Waals surface area (Å²) in [5.41, 5.74) is 1.01. The van der Waals surface area contributed by atoms with Crippen LogP contribution in [0.25, 0.3) is 0 Å². The number of aromatic nitrogens is 2. The molecule has 10 heteroatoms. The van der Waals surface area contributed by atoms with Gasteiger partial charge in [0.2, 0.25) is 0 Å². The number of rotatable bonds is 3. The number of nitrogens with one attached hydrogen (secondary N) is 2. The van der Waals surface area contributed by atoms with Gasteiger partial charge >= 0.3 is 6.18 Å². The molecule has 2 aromatic carbocycles. The molecule has 3 aromatic rings. The molecule has 0 saturated carbocycles. The van der Waals surface area contributed by atoms with Crippen LogP contribution >= 0.6 is 27.5 Å². The standard InChI is InChI=1S/C20H15BrClF3N4O/c21-12-6-4-11(5-7-12)15-9-17(20(23,24)25)29-18(27-15)10-16(28-29)19(30)26-14-3-1-2-13(22)8-14/h1-8,10,15,17,27H,9H2,(H,26,30)/t15-,17-/m1/s1. The van der Waals surface area contributed by atoms with Gasteiger partial charge in [-0.05, 0) is 35.9 Å². The minimum atomic E-state index is -4.52. The van der Waals surface area contributed by atoms with E-state index in [1.54, 1.807) is 42.5 Å². The Balaban J connectivity index is 1.64. The van der Waals surface area contributed by atoms with Gasteiger partial charge in [0.05, 0.1) is 6.04 Å². The molecule has 2 atom stereocenters. The summed E-state index contributed by atoms with van der Waals surface area (Å²) in [6.45, 7) is 0. The van der Waals surface area contributed by atoms with Gasteiger partial charge in [0, 0.05) is 27.7 Å². The predicted molar refractivity (Wildman–Crippen MR) is 112 cm³/mol. The maximum Gasteiger partial charge on any atom is 0.410 e. The highest BCUT2D eigenvalue weighted by molar-refractivity contribution is 9.10. The van der Waals surface area contributed by atoms with Crippen LogP contribution in [0.15, 0.2) is 59.1 Å². The lowest BCUT2D eigenvalue weighted by Gasteiger charge is -2.33. The Morgan fingerprint density at radius 1 is 1.20 bits per heavy atom. The smallest absolute Gasteiger partial charge is 0.363 e. The van der Waals surface area contributed by atoms with Crippen molar-refractivity contribution in [3.05, 3.63) is 75.4 Å². The number of carbonyl (C=O) groups excluding carboxylic acids is 1. The number of hydrogen-bond acceptors (Lipinski definition) is 3. The molecule has 0 bridgehead atoms. The summed E-state index contributed by atoms with van der Waals surface area (Å²) in [6.07, 6.45) is -4.76. The van der Waals surface area contributed by atoms with E-state index in [1.165, 1.54) is 12.1 Å². The van der Waals surface area contributed by atoms with E-state index in [2.05, 4.69) is 31.7 Å². The van der Waals surface area contributed by atoms with E-state index in [1.807, 2.05) is 0 Å². The molecule has 1 amide bonds. The molecule has 4 rings (SSSR count). The SMILES string of the molecule is O=C(Nc1cccc(Cl)c1)c1cc2n(n1)[C@@H](C(F)(F)F)C[C@H](c1ccc(Br)cc1)N2. The number of anilines is 2. The summed E-state index contributed by atoms with van der Waals surface area (Å²) in [7, 11) is 0. The third-order valence-corrected chi connectivity index (χ3v) is 5.54. The number of benzene rings is 2. The fourth-order valence-electron chi connectivity index (χ4n) is 3.36. The van der Waals surface area contributed by atoms with Crippen LogP contribution in [0.4, 0.5) is 24.7 Å². The average molecular weight is 500 g/mol. The van der Waals surface area contributed by atoms with Crippen molar-refractivity contribution in [3.63, 3.8) is 0 Å². The fraction of sp³-hybridized carbons (Fsp3) is 0.200. The lowest BCUT2D eigenvalue weighted by Crippen LogP contribution is -2.35. The minimum Gasteiger partial charge on any atom is -0.363 e. The highest BCUT2D eigenvalue weighted by atomic mass is 79.9. The Morgan fingerprint density at radius 2 is 1.93 bits per heavy atom. The second-order valence-corrected chi connectivity index (χ2v) is 8.22. The van der Waals surface area contributed by atoms with Crippen LogP contribution in [0.2, 0.25) is 5.02 Å². The Hall–Kier alpha value is -2.52. The van der Waals surface area contributed by atoms with Crippen molar-refractivity contribution in [3.8, 4) is 0 Å². The first-order valence-corrected chi connectivity index (χ1v) is 10.1. The Morgan fingerprint density at radius 3 is 2.60 bits per heavy atom. The topological polar surface area (TPSA) is 59.0 Å². The average Bonchev–Trinajstić information content (AvgIpc) is 3.11. The molecule has 0 radical (unpaired) electrons. The van der Waals surface area contributed by atoms with Crippen molar-refractivity contribution in [1.82, 2.24) is 9.78 Å². The van der Waals surface area contributed by atoms with Gasteiger partial charge in [-0.2, -0.15) is 18.3 Å². The molecule has 5 nitrogen and oxygen atoms in total. The van der Waals surface area contributed by atoms with Crippen molar-refractivity contribution >= 4 is 44.9 Å². The van der Waals surface area contributed by atoms with Crippen LogP contribution in [-0.2, 0) is 0 Å². The van der Waals surface area contributed by atoms with Gasteiger partial charge < -0.3 is 10.6 Å². The van der Waals surface area contributed by atoms with Crippen LogP contribution in [0.5, 0.6) is 0 Å². The zero-order valence-corrected chi connectivity index (χ0v) is 17.6. The summed E-state index contributed by atoms with van der Waals surface area (Å²) in [6, 6.07) is 12.4. The molecule has 0 unspecified atom stereocenters. The summed E-state index contributed by atoms with van der Waals surface area (Å²) < 4.78 is 43.0. The summed E-state index contributed by atoms with van der Waals surface area (Å²) in [4.78, 5) is 12.5. The zero-order chi connectivity index (χ0) is 21.5. The number of nitrogens with zero attached hydrogens (tertiary/aromatic N) is 2. The number of amides is 1. The van der Waals surface area contributed by atoms with Gasteiger partial charge in [-0.1, -0.05) is 45.7 Å². The number of fused-ring (bicyclic) bond motifs is 1. The molecule has 2 heterocycles. The minimum absolute atomic E-state index is 0.122. The molecule has 156 valence electrons. The van der Waals surface area contributed by atoms with E-state index in [9.17, 15) is 18.0 Å². The van der Waals surface area contributed by atoms with Gasteiger partial charge in [0.25, 0.3) is 5.91 Å². The highest BCUT2D eigenvalue weighted by Crippen LogP contribution is 2.43. The summed E-state index contributed by atoms with van der Waals surface area (Å²) >= 11 is 9.22. The molecular formula is C20H15BrClF3N4O. The molecule has 1 aliphatic rings. The summed E-state index contributed by atoms with van der Waals surface area (Å²) in [5, 5.41) is 10.0. The molecular weight excluding hydrogens is 485 g/mol. The number of halogens is 5. The van der Waals surface area contributed by atoms with Gasteiger partial charge in [-0.3, -0.25) is 4.79 Å². The van der Waals surface area contributed by atoms with Crippen molar-refractivity contribution in [2.75, 3.05) is 10.6 Å². The molecule has 1 aliphatic heterocycles. The van der Waals surface area contributed by atoms with Gasteiger partial charge in [-0.25, -0.2) is 4.68 Å². The normalized spacial score (nSPS) is 18.4. The fourth-order valence-corrected chi connectivity index (χ4v) is 3.81. The van der Waals surface area contributed by atoms with Crippen LogP contribution in [0.3, 0.4) is 0 Å². The predicted octanol–water partition coefficient (Wildman–Crippen LogP) is 6.21. The van der Waals surface area contributed by atoms with Crippen LogP contribution in [-0.4, -0.2) is 21.9 Å². The van der Waals surface area contributed by atoms with Crippen molar-refractivity contribution in [1.29, 1.82) is 0 Å². The maximum absolute atomic E-state index is 13.8. The molecule has 1 aromatic heterocycles. The van der Waals surface area contributed by atoms with E-state index >= 15 is 0 Å². The summed E-state index contributed by atoms with van der Waals surface area (Å²) in [5.74, 6) is -0.491. The van der Waals surface area contributed by atoms with Crippen LogP contribution in [0.1, 0.15) is 34.6 Å². The lowest BCUT2D eigenvalue weighted by molar-refractivity contribution is -0.173. The van der Waals surface area contributed by atoms with E-state index in [0.717, 1.165) is 9.15 Å². The van der Waals surface area contributed by atoms with Gasteiger partial charge in [0.1, 0.15) is 5.82 Å². The third-order valence-electron chi connectivity index (χ3n) is 4.78. The zero-order valence-electron chi connectivity index (χ0n) is 15.3. The first-order chi connectivity index (χ1) is 14.2. The first kappa shape index (κ1) is 20.7. The van der Waals surface area contributed by atoms with E-state index < -0.39 is 24.2 Å². The van der Waals surface area contributed by atoms with Crippen LogP contribution in [0, 0.1) is 0 Å². The third kappa shape index (κ3) is 4.32. The number of carbonyl (C=O) groups is 1. The molecule has 0 aliphatic carbocycles. The molecule has 0 saturated heterocycles. The second kappa shape index (κ2) is 7.96. The molecule has 30 heavy (non-hydrogen) atoms. The monoisotopic (exact) mass is 498 g/mol. The van der Waals surface area contributed by atoms with Crippen LogP contribution < -0.4 is 10.6 Å². The number of alkyl halides is 3. The Bertz CT molecular complexity index is 1080. The molecule has 0 spiro atoms. The molecule has 2 N–H and O–H groups in total. The first-order valence-electron chi connectivity index (χ1n) is 8.96. The second-order valence-electron chi connectivity index (χ2n) is 6.87. The Labute approximate surface area is 183 Å². The largest absolute Gasteiger partial charge is 0.410 e. The Kier molecular flexibility index (Phi) is 5.50. The van der Waals surface area contributed by atoms with Crippen molar-refractivity contribution in [2.45, 2.75) is 24.7 Å².